The van der Waals surface area contributed by atoms with Gasteiger partial charge in [-0.3, -0.25) is 9.12 Å². The summed E-state index contributed by atoms with van der Waals surface area (Å²) in [5, 5.41) is 3.43. The van der Waals surface area contributed by atoms with Gasteiger partial charge >= 0.3 is 0 Å². The molecule has 5 aromatic rings. The number of ether oxygens (including phenoxy) is 1. The first-order valence-electron chi connectivity index (χ1n) is 13.2. The number of sulfonamides is 1. The molecular weight excluding hydrogens is 581 g/mol. The van der Waals surface area contributed by atoms with Crippen LogP contribution in [0.1, 0.15) is 25.6 Å². The molecule has 0 radical (unpaired) electrons. The lowest BCUT2D eigenvalue weighted by Crippen LogP contribution is -2.40. The molecule has 0 spiro atoms. The minimum absolute atomic E-state index is 0.00497. The van der Waals surface area contributed by atoms with Crippen LogP contribution in [0.3, 0.4) is 0 Å². The molecule has 0 atom stereocenters. The molecule has 4 N–H and O–H groups in total. The number of hydrogen-bond acceptors (Lipinski definition) is 8. The first-order valence-corrected chi connectivity index (χ1v) is 15.0. The Bertz CT molecular complexity index is 1910. The maximum atomic E-state index is 15.3. The van der Waals surface area contributed by atoms with Crippen molar-refractivity contribution in [2.45, 2.75) is 30.7 Å². The predicted molar refractivity (Wildman–Crippen MR) is 161 cm³/mol. The molecule has 42 heavy (non-hydrogen) atoms. The van der Waals surface area contributed by atoms with E-state index in [0.717, 1.165) is 16.9 Å². The van der Waals surface area contributed by atoms with Crippen molar-refractivity contribution in [3.05, 3.63) is 83.7 Å². The number of benzene rings is 2. The summed E-state index contributed by atoms with van der Waals surface area (Å²) in [7, 11) is -4.18. The Kier molecular flexibility index (Phi) is 7.21. The minimum Gasteiger partial charge on any atom is -0.382 e. The third kappa shape index (κ3) is 5.13. The second-order valence-corrected chi connectivity index (χ2v) is 12.3. The van der Waals surface area contributed by atoms with Crippen molar-refractivity contribution in [2.75, 3.05) is 29.0 Å². The van der Waals surface area contributed by atoms with Crippen LogP contribution < -0.4 is 15.8 Å². The van der Waals surface area contributed by atoms with Gasteiger partial charge in [-0.15, -0.1) is 0 Å². The van der Waals surface area contributed by atoms with E-state index in [2.05, 4.69) is 20.0 Å². The van der Waals surface area contributed by atoms with Gasteiger partial charge in [-0.05, 0) is 30.3 Å². The number of hydrogen-bond donors (Lipinski definition) is 3. The molecular formula is C29H27ClFN7O3S. The van der Waals surface area contributed by atoms with Crippen LogP contribution in [-0.4, -0.2) is 47.0 Å². The van der Waals surface area contributed by atoms with Crippen LogP contribution in [0.25, 0.3) is 28.0 Å². The van der Waals surface area contributed by atoms with E-state index in [9.17, 15) is 8.42 Å². The van der Waals surface area contributed by atoms with Gasteiger partial charge in [0, 0.05) is 28.9 Å². The highest BCUT2D eigenvalue weighted by molar-refractivity contribution is 7.92. The van der Waals surface area contributed by atoms with Crippen LogP contribution in [0, 0.1) is 5.82 Å². The topological polar surface area (TPSA) is 137 Å². The number of rotatable bonds is 8. The first kappa shape index (κ1) is 27.9. The Morgan fingerprint density at radius 2 is 1.81 bits per heavy atom. The van der Waals surface area contributed by atoms with E-state index in [1.54, 1.807) is 12.3 Å². The van der Waals surface area contributed by atoms with E-state index in [4.69, 9.17) is 27.1 Å². The quantitative estimate of drug-likeness (QED) is 0.208. The van der Waals surface area contributed by atoms with Gasteiger partial charge < -0.3 is 15.8 Å². The molecule has 1 aliphatic rings. The minimum atomic E-state index is -4.18. The van der Waals surface area contributed by atoms with Gasteiger partial charge in [0.15, 0.2) is 11.6 Å². The van der Waals surface area contributed by atoms with E-state index < -0.39 is 21.7 Å². The largest absolute Gasteiger partial charge is 0.382 e. The molecule has 0 bridgehead atoms. The molecule has 216 valence electrons. The molecule has 0 aliphatic carbocycles. The SMILES string of the molecule is CC(C)c1nc(-c2cnc(NS(=O)(=O)c3ccccc3Cl)c(F)c2)c2c(N)ncc(-c3ccc(NC4COC4)cc3)n12. The molecule has 6 rings (SSSR count). The molecule has 10 nitrogen and oxygen atoms in total. The van der Waals surface area contributed by atoms with Crippen molar-refractivity contribution in [1.82, 2.24) is 19.4 Å². The zero-order chi connectivity index (χ0) is 29.6. The summed E-state index contributed by atoms with van der Waals surface area (Å²) in [5.41, 5.74) is 10.2. The normalized spacial score (nSPS) is 13.8. The van der Waals surface area contributed by atoms with Crippen molar-refractivity contribution >= 4 is 44.5 Å². The Hall–Kier alpha value is -4.26. The molecule has 0 amide bonds. The lowest BCUT2D eigenvalue weighted by molar-refractivity contribution is 0.0211. The highest BCUT2D eigenvalue weighted by atomic mass is 35.5. The zero-order valence-electron chi connectivity index (χ0n) is 22.7. The smallest absolute Gasteiger partial charge is 0.264 e. The van der Waals surface area contributed by atoms with Crippen molar-refractivity contribution in [2.24, 2.45) is 0 Å². The number of nitrogens with zero attached hydrogens (tertiary/aromatic N) is 4. The van der Waals surface area contributed by atoms with Gasteiger partial charge in [-0.2, -0.15) is 0 Å². The Morgan fingerprint density at radius 3 is 2.45 bits per heavy atom. The number of nitrogens with two attached hydrogens (primary N) is 1. The number of imidazole rings is 1. The number of fused-ring (bicyclic) bond motifs is 1. The maximum Gasteiger partial charge on any atom is 0.264 e. The highest BCUT2D eigenvalue weighted by Crippen LogP contribution is 2.36. The molecule has 2 aromatic carbocycles. The number of pyridine rings is 1. The molecule has 13 heteroatoms. The fourth-order valence-electron chi connectivity index (χ4n) is 4.74. The van der Waals surface area contributed by atoms with Gasteiger partial charge in [0.05, 0.1) is 36.2 Å². The van der Waals surface area contributed by atoms with Gasteiger partial charge in [-0.1, -0.05) is 49.7 Å². The van der Waals surface area contributed by atoms with E-state index >= 15 is 4.39 Å². The molecule has 0 unspecified atom stereocenters. The highest BCUT2D eigenvalue weighted by Gasteiger charge is 2.24. The lowest BCUT2D eigenvalue weighted by atomic mass is 10.1. The second-order valence-electron chi connectivity index (χ2n) is 10.2. The molecule has 1 fully saturated rings. The van der Waals surface area contributed by atoms with Crippen LogP contribution >= 0.6 is 11.6 Å². The summed E-state index contributed by atoms with van der Waals surface area (Å²) in [6, 6.07) is 15.3. The van der Waals surface area contributed by atoms with Crippen molar-refractivity contribution in [3.63, 3.8) is 0 Å². The monoisotopic (exact) mass is 607 g/mol. The van der Waals surface area contributed by atoms with Gasteiger partial charge in [0.2, 0.25) is 0 Å². The molecule has 1 saturated heterocycles. The Labute approximate surface area is 246 Å². The fourth-order valence-corrected chi connectivity index (χ4v) is 6.28. The number of nitrogens with one attached hydrogen (secondary N) is 2. The lowest BCUT2D eigenvalue weighted by Gasteiger charge is -2.27. The van der Waals surface area contributed by atoms with Crippen LogP contribution in [0.2, 0.25) is 5.02 Å². The third-order valence-corrected chi connectivity index (χ3v) is 8.73. The number of nitrogen functional groups attached to an aromatic ring is 1. The van der Waals surface area contributed by atoms with Crippen molar-refractivity contribution < 1.29 is 17.5 Å². The molecule has 3 aromatic heterocycles. The van der Waals surface area contributed by atoms with Crippen LogP contribution in [-0.2, 0) is 14.8 Å². The van der Waals surface area contributed by atoms with E-state index in [0.29, 0.717) is 41.9 Å². The molecule has 0 saturated carbocycles. The van der Waals surface area contributed by atoms with E-state index in [1.165, 1.54) is 30.5 Å². The molecule has 1 aliphatic heterocycles. The van der Waals surface area contributed by atoms with Crippen LogP contribution in [0.4, 0.5) is 21.7 Å². The Balaban J connectivity index is 1.40. The Morgan fingerprint density at radius 1 is 1.07 bits per heavy atom. The number of halogens is 2. The molecule has 4 heterocycles. The number of aromatic nitrogens is 4. The summed E-state index contributed by atoms with van der Waals surface area (Å²) in [4.78, 5) is 13.2. The summed E-state index contributed by atoms with van der Waals surface area (Å²) < 4.78 is 50.3. The van der Waals surface area contributed by atoms with Crippen LogP contribution in [0.15, 0.2) is 71.9 Å². The zero-order valence-corrected chi connectivity index (χ0v) is 24.2. The summed E-state index contributed by atoms with van der Waals surface area (Å²) >= 11 is 6.04. The third-order valence-electron chi connectivity index (χ3n) is 6.89. The summed E-state index contributed by atoms with van der Waals surface area (Å²) in [6.45, 7) is 5.36. The maximum absolute atomic E-state index is 15.3. The van der Waals surface area contributed by atoms with E-state index in [-0.39, 0.29) is 21.7 Å². The second kappa shape index (κ2) is 10.9. The average molecular weight is 608 g/mol. The standard InChI is InChI=1S/C29H27ClFN7O3S/c1-16(2)29-36-25(18-11-22(31)28(34-12-18)37-42(39,40)24-6-4-3-5-21(24)30)26-27(32)33-13-23(38(26)29)17-7-9-19(10-8-17)35-20-14-41-15-20/h3-13,16,20,35H,14-15H2,1-2H3,(H2,32,33)(H,34,37). The van der Waals surface area contributed by atoms with Gasteiger partial charge in [-0.25, -0.2) is 27.8 Å². The summed E-state index contributed by atoms with van der Waals surface area (Å²) in [5.74, 6) is -0.480. The van der Waals surface area contributed by atoms with Crippen molar-refractivity contribution in [3.8, 4) is 22.5 Å². The predicted octanol–water partition coefficient (Wildman–Crippen LogP) is 5.57. The summed E-state index contributed by atoms with van der Waals surface area (Å²) in [6.07, 6.45) is 3.03. The fraction of sp³-hybridized carbons (Fsp3) is 0.207. The number of anilines is 3. The average Bonchev–Trinajstić information content (AvgIpc) is 3.35. The first-order chi connectivity index (χ1) is 20.1. The van der Waals surface area contributed by atoms with E-state index in [1.807, 2.05) is 42.5 Å². The van der Waals surface area contributed by atoms with Gasteiger partial charge in [0.25, 0.3) is 10.0 Å². The van der Waals surface area contributed by atoms with Gasteiger partial charge in [0.1, 0.15) is 27.7 Å². The van der Waals surface area contributed by atoms with Crippen molar-refractivity contribution in [1.29, 1.82) is 0 Å². The van der Waals surface area contributed by atoms with Crippen LogP contribution in [0.5, 0.6) is 0 Å².